The number of aryl methyl sites for hydroxylation is 2. The van der Waals surface area contributed by atoms with Gasteiger partial charge in [-0.2, -0.15) is 0 Å². The number of hydrogen-bond acceptors (Lipinski definition) is 5. The van der Waals surface area contributed by atoms with Gasteiger partial charge in [-0.05, 0) is 51.3 Å². The quantitative estimate of drug-likeness (QED) is 0.859. The van der Waals surface area contributed by atoms with Gasteiger partial charge < -0.3 is 19.4 Å². The molecule has 2 aliphatic rings. The number of pyridine rings is 1. The zero-order valence-corrected chi connectivity index (χ0v) is 17.1. The Balaban J connectivity index is 1.39. The maximum atomic E-state index is 12.9. The highest BCUT2D eigenvalue weighted by Crippen LogP contribution is 2.43. The van der Waals surface area contributed by atoms with Crippen LogP contribution in [0.2, 0.25) is 0 Å². The minimum Gasteiger partial charge on any atom is -0.466 e. The van der Waals surface area contributed by atoms with E-state index in [-0.39, 0.29) is 23.3 Å². The molecule has 7 heteroatoms. The van der Waals surface area contributed by atoms with Gasteiger partial charge in [0.15, 0.2) is 0 Å². The Hall–Kier alpha value is -2.67. The predicted octanol–water partition coefficient (Wildman–Crippen LogP) is 3.33. The van der Waals surface area contributed by atoms with Crippen LogP contribution in [0.3, 0.4) is 0 Å². The zero-order valence-electron chi connectivity index (χ0n) is 17.1. The lowest BCUT2D eigenvalue weighted by Crippen LogP contribution is -2.53. The van der Waals surface area contributed by atoms with Crippen LogP contribution in [0.5, 0.6) is 0 Å². The molecular formula is C22H27N3O4. The number of hydrogen-bond donors (Lipinski definition) is 1. The van der Waals surface area contributed by atoms with Crippen LogP contribution in [0.25, 0.3) is 0 Å². The smallest absolute Gasteiger partial charge is 0.257 e. The van der Waals surface area contributed by atoms with E-state index in [1.54, 1.807) is 24.5 Å². The van der Waals surface area contributed by atoms with E-state index in [1.165, 1.54) is 0 Å². The van der Waals surface area contributed by atoms with Gasteiger partial charge in [-0.3, -0.25) is 14.6 Å². The van der Waals surface area contributed by atoms with E-state index in [0.717, 1.165) is 18.6 Å². The molecule has 4 heterocycles. The molecule has 0 saturated carbocycles. The number of ether oxygens (including phenoxy) is 1. The summed E-state index contributed by atoms with van der Waals surface area (Å²) in [5.41, 5.74) is 0.947. The minimum absolute atomic E-state index is 0.00455. The predicted molar refractivity (Wildman–Crippen MR) is 108 cm³/mol. The van der Waals surface area contributed by atoms with Crippen LogP contribution in [-0.2, 0) is 9.53 Å². The van der Waals surface area contributed by atoms with E-state index in [9.17, 15) is 9.59 Å². The van der Waals surface area contributed by atoms with E-state index in [0.29, 0.717) is 36.5 Å². The van der Waals surface area contributed by atoms with Crippen LogP contribution in [-0.4, -0.2) is 46.5 Å². The molecule has 1 N–H and O–H groups in total. The van der Waals surface area contributed by atoms with E-state index in [4.69, 9.17) is 9.15 Å². The number of aromatic nitrogens is 1. The van der Waals surface area contributed by atoms with Gasteiger partial charge in [-0.1, -0.05) is 6.92 Å². The van der Waals surface area contributed by atoms with Crippen LogP contribution >= 0.6 is 0 Å². The van der Waals surface area contributed by atoms with Crippen molar-refractivity contribution < 1.29 is 18.7 Å². The second kappa shape index (κ2) is 7.63. The molecule has 0 aliphatic carbocycles. The molecule has 2 aromatic heterocycles. The number of anilines is 1. The van der Waals surface area contributed by atoms with Gasteiger partial charge >= 0.3 is 0 Å². The Morgan fingerprint density at radius 1 is 1.31 bits per heavy atom. The summed E-state index contributed by atoms with van der Waals surface area (Å²) in [6.07, 6.45) is 5.05. The van der Waals surface area contributed by atoms with E-state index >= 15 is 0 Å². The average Bonchev–Trinajstić information content (AvgIpc) is 3.28. The van der Waals surface area contributed by atoms with Gasteiger partial charge in [0.1, 0.15) is 17.6 Å². The highest BCUT2D eigenvalue weighted by atomic mass is 16.5. The molecule has 4 rings (SSSR count). The van der Waals surface area contributed by atoms with Crippen LogP contribution in [0.15, 0.2) is 35.0 Å². The van der Waals surface area contributed by atoms with Crippen LogP contribution < -0.4 is 5.32 Å². The fourth-order valence-corrected chi connectivity index (χ4v) is 4.52. The fraction of sp³-hybridized carbons (Fsp3) is 0.500. The Morgan fingerprint density at radius 3 is 2.79 bits per heavy atom. The summed E-state index contributed by atoms with van der Waals surface area (Å²) in [6, 6.07) is 5.39. The Kier molecular flexibility index (Phi) is 5.17. The molecule has 2 aromatic rings. The molecule has 2 aliphatic heterocycles. The van der Waals surface area contributed by atoms with E-state index < -0.39 is 6.10 Å². The first-order valence-corrected chi connectivity index (χ1v) is 10.1. The van der Waals surface area contributed by atoms with Crippen molar-refractivity contribution in [3.63, 3.8) is 0 Å². The van der Waals surface area contributed by atoms with Crippen molar-refractivity contribution in [3.8, 4) is 0 Å². The number of carbonyl (C=O) groups excluding carboxylic acids is 2. The van der Waals surface area contributed by atoms with Crippen molar-refractivity contribution in [1.82, 2.24) is 9.88 Å². The molecule has 2 saturated heterocycles. The summed E-state index contributed by atoms with van der Waals surface area (Å²) in [5, 5.41) is 2.88. The molecule has 3 atom stereocenters. The number of amides is 2. The summed E-state index contributed by atoms with van der Waals surface area (Å²) >= 11 is 0. The van der Waals surface area contributed by atoms with Crippen molar-refractivity contribution in [3.05, 3.63) is 47.7 Å². The topological polar surface area (TPSA) is 84.7 Å². The molecular weight excluding hydrogens is 370 g/mol. The molecule has 154 valence electrons. The number of nitrogens with one attached hydrogen (secondary N) is 1. The number of piperidine rings is 1. The van der Waals surface area contributed by atoms with Gasteiger partial charge in [0.25, 0.3) is 11.8 Å². The molecule has 2 fully saturated rings. The first kappa shape index (κ1) is 19.6. The van der Waals surface area contributed by atoms with E-state index in [1.807, 2.05) is 24.8 Å². The molecule has 0 bridgehead atoms. The summed E-state index contributed by atoms with van der Waals surface area (Å²) in [7, 11) is 0. The average molecular weight is 397 g/mol. The molecule has 0 aromatic carbocycles. The zero-order chi connectivity index (χ0) is 20.6. The summed E-state index contributed by atoms with van der Waals surface area (Å²) < 4.78 is 11.8. The van der Waals surface area contributed by atoms with E-state index in [2.05, 4.69) is 17.2 Å². The normalized spacial score (nSPS) is 26.7. The van der Waals surface area contributed by atoms with Crippen LogP contribution in [0.4, 0.5) is 5.69 Å². The third-order valence-electron chi connectivity index (χ3n) is 6.18. The second-order valence-corrected chi connectivity index (χ2v) is 8.17. The summed E-state index contributed by atoms with van der Waals surface area (Å²) in [6.45, 7) is 7.00. The van der Waals surface area contributed by atoms with Crippen molar-refractivity contribution in [1.29, 1.82) is 0 Å². The Labute approximate surface area is 170 Å². The number of furan rings is 1. The van der Waals surface area contributed by atoms with Crippen LogP contribution in [0.1, 0.15) is 48.1 Å². The highest BCUT2D eigenvalue weighted by Gasteiger charge is 2.49. The van der Waals surface area contributed by atoms with Gasteiger partial charge in [-0.25, -0.2) is 0 Å². The number of carbonyl (C=O) groups is 2. The monoisotopic (exact) mass is 397 g/mol. The number of likely N-dealkylation sites (tertiary alicyclic amines) is 1. The Bertz CT molecular complexity index is 910. The lowest BCUT2D eigenvalue weighted by Gasteiger charge is -2.44. The van der Waals surface area contributed by atoms with Gasteiger partial charge in [0.05, 0.1) is 23.0 Å². The number of rotatable bonds is 3. The van der Waals surface area contributed by atoms with Crippen LogP contribution in [0, 0.1) is 19.8 Å². The SMILES string of the molecule is Cc1cc(C(=O)N2CCC3(CCC(C(=O)Nc4cccnc4)O3)C(C)C2)c(C)o1. The van der Waals surface area contributed by atoms with Crippen molar-refractivity contribution >= 4 is 17.5 Å². The minimum atomic E-state index is -0.473. The maximum Gasteiger partial charge on any atom is 0.257 e. The van der Waals surface area contributed by atoms with Gasteiger partial charge in [0.2, 0.25) is 0 Å². The Morgan fingerprint density at radius 2 is 2.14 bits per heavy atom. The second-order valence-electron chi connectivity index (χ2n) is 8.17. The third kappa shape index (κ3) is 3.79. The third-order valence-corrected chi connectivity index (χ3v) is 6.18. The number of nitrogens with zero attached hydrogens (tertiary/aromatic N) is 2. The largest absolute Gasteiger partial charge is 0.466 e. The summed E-state index contributed by atoms with van der Waals surface area (Å²) in [5.74, 6) is 1.42. The standard InChI is InChI=1S/C22H27N3O4/c1-14-13-25(21(27)18-11-15(2)28-16(18)3)10-8-22(14)7-6-19(29-22)20(26)24-17-5-4-9-23-12-17/h4-5,9,11-12,14,19H,6-8,10,13H2,1-3H3,(H,24,26). The molecule has 29 heavy (non-hydrogen) atoms. The summed E-state index contributed by atoms with van der Waals surface area (Å²) in [4.78, 5) is 31.4. The van der Waals surface area contributed by atoms with Crippen molar-refractivity contribution in [2.24, 2.45) is 5.92 Å². The highest BCUT2D eigenvalue weighted by molar-refractivity contribution is 5.95. The molecule has 1 spiro atoms. The lowest BCUT2D eigenvalue weighted by molar-refractivity contribution is -0.141. The van der Waals surface area contributed by atoms with Crippen molar-refractivity contribution in [2.45, 2.75) is 51.7 Å². The first-order chi connectivity index (χ1) is 13.9. The molecule has 3 unspecified atom stereocenters. The van der Waals surface area contributed by atoms with Gasteiger partial charge in [-0.15, -0.1) is 0 Å². The lowest BCUT2D eigenvalue weighted by atomic mass is 9.80. The molecule has 0 radical (unpaired) electrons. The fourth-order valence-electron chi connectivity index (χ4n) is 4.52. The first-order valence-electron chi connectivity index (χ1n) is 10.1. The molecule has 2 amide bonds. The van der Waals surface area contributed by atoms with Crippen molar-refractivity contribution in [2.75, 3.05) is 18.4 Å². The van der Waals surface area contributed by atoms with Gasteiger partial charge in [0, 0.05) is 25.2 Å². The maximum absolute atomic E-state index is 12.9. The molecule has 7 nitrogen and oxygen atoms in total.